The van der Waals surface area contributed by atoms with Crippen molar-refractivity contribution >= 4 is 24.9 Å². The van der Waals surface area contributed by atoms with Crippen molar-refractivity contribution < 1.29 is 38.1 Å². The lowest BCUT2D eigenvalue weighted by Crippen LogP contribution is -2.13. The van der Waals surface area contributed by atoms with Crippen LogP contribution in [0.1, 0.15) is 27.7 Å². The standard InChI is InChI=1S/C30H26O8/c1-5-19(3)29(33)37-26-14-12-24(16-28(26)38-30(34)20(4)6-2)22-9-7-21(8-10-22)23-11-13-25(35-17-31)27(15-23)36-18-32/h5-18H,1-4H3/b19-5-,20-6-. The molecule has 0 heterocycles. The van der Waals surface area contributed by atoms with Crippen molar-refractivity contribution in [3.8, 4) is 45.3 Å². The molecule has 0 unspecified atom stereocenters. The predicted octanol–water partition coefficient (Wildman–Crippen LogP) is 5.83. The van der Waals surface area contributed by atoms with Gasteiger partial charge in [0.2, 0.25) is 0 Å². The molecule has 0 bridgehead atoms. The second-order valence-corrected chi connectivity index (χ2v) is 8.05. The highest BCUT2D eigenvalue weighted by molar-refractivity contribution is 5.92. The van der Waals surface area contributed by atoms with Gasteiger partial charge >= 0.3 is 11.9 Å². The van der Waals surface area contributed by atoms with Crippen molar-refractivity contribution in [1.29, 1.82) is 0 Å². The van der Waals surface area contributed by atoms with Gasteiger partial charge in [-0.15, -0.1) is 0 Å². The largest absolute Gasteiger partial charge is 0.425 e. The minimum Gasteiger partial charge on any atom is -0.425 e. The molecule has 0 aliphatic rings. The first-order chi connectivity index (χ1) is 18.3. The summed E-state index contributed by atoms with van der Waals surface area (Å²) in [7, 11) is 0. The summed E-state index contributed by atoms with van der Waals surface area (Å²) >= 11 is 0. The third-order valence-electron chi connectivity index (χ3n) is 5.70. The Bertz CT molecular complexity index is 1410. The van der Waals surface area contributed by atoms with Gasteiger partial charge in [0.25, 0.3) is 12.9 Å². The van der Waals surface area contributed by atoms with Gasteiger partial charge in [0.15, 0.2) is 23.0 Å². The van der Waals surface area contributed by atoms with Gasteiger partial charge in [-0.3, -0.25) is 9.59 Å². The van der Waals surface area contributed by atoms with Gasteiger partial charge in [0, 0.05) is 11.1 Å². The van der Waals surface area contributed by atoms with Crippen molar-refractivity contribution in [3.63, 3.8) is 0 Å². The molecule has 0 fully saturated rings. The lowest BCUT2D eigenvalue weighted by Gasteiger charge is -2.13. The molecule has 0 aromatic heterocycles. The summed E-state index contributed by atoms with van der Waals surface area (Å²) in [4.78, 5) is 46.3. The molecule has 0 saturated carbocycles. The van der Waals surface area contributed by atoms with Crippen molar-refractivity contribution in [1.82, 2.24) is 0 Å². The highest BCUT2D eigenvalue weighted by atomic mass is 16.6. The average molecular weight is 515 g/mol. The summed E-state index contributed by atoms with van der Waals surface area (Å²) in [6.07, 6.45) is 3.26. The summed E-state index contributed by atoms with van der Waals surface area (Å²) in [6, 6.07) is 17.2. The SMILES string of the molecule is C/C=C(/C)C(=O)Oc1ccc(-c2ccc(-c3ccc(OC=O)c(OC=O)c3)cc2)cc1OC(=O)/C(C)=C\C. The van der Waals surface area contributed by atoms with Crippen molar-refractivity contribution in [2.45, 2.75) is 27.7 Å². The van der Waals surface area contributed by atoms with E-state index in [2.05, 4.69) is 0 Å². The van der Waals surface area contributed by atoms with Crippen molar-refractivity contribution in [3.05, 3.63) is 84.0 Å². The molecular weight excluding hydrogens is 488 g/mol. The molecular formula is C30H26O8. The van der Waals surface area contributed by atoms with Crippen LogP contribution in [0.3, 0.4) is 0 Å². The molecule has 3 aromatic rings. The molecule has 0 saturated heterocycles. The van der Waals surface area contributed by atoms with Crippen LogP contribution in [0, 0.1) is 0 Å². The van der Waals surface area contributed by atoms with Gasteiger partial charge in [-0.2, -0.15) is 0 Å². The van der Waals surface area contributed by atoms with Crippen LogP contribution in [-0.4, -0.2) is 24.9 Å². The van der Waals surface area contributed by atoms with Crippen LogP contribution in [0.4, 0.5) is 0 Å². The van der Waals surface area contributed by atoms with E-state index in [0.717, 1.165) is 22.3 Å². The summed E-state index contributed by atoms with van der Waals surface area (Å²) in [5, 5.41) is 0. The number of allylic oxidation sites excluding steroid dienone is 2. The summed E-state index contributed by atoms with van der Waals surface area (Å²) in [5.41, 5.74) is 3.89. The lowest BCUT2D eigenvalue weighted by atomic mass is 9.99. The number of rotatable bonds is 10. The number of esters is 2. The second-order valence-electron chi connectivity index (χ2n) is 8.05. The fourth-order valence-corrected chi connectivity index (χ4v) is 3.28. The molecule has 38 heavy (non-hydrogen) atoms. The molecule has 0 N–H and O–H groups in total. The highest BCUT2D eigenvalue weighted by Crippen LogP contribution is 2.36. The van der Waals surface area contributed by atoms with Crippen LogP contribution in [-0.2, 0) is 19.2 Å². The number of carbonyl (C=O) groups is 4. The third kappa shape index (κ3) is 6.61. The Morgan fingerprint density at radius 2 is 0.947 bits per heavy atom. The summed E-state index contributed by atoms with van der Waals surface area (Å²) < 4.78 is 20.8. The number of hydrogen-bond donors (Lipinski definition) is 0. The van der Waals surface area contributed by atoms with E-state index < -0.39 is 11.9 Å². The Morgan fingerprint density at radius 1 is 0.553 bits per heavy atom. The van der Waals surface area contributed by atoms with E-state index in [1.807, 2.05) is 24.3 Å². The quantitative estimate of drug-likeness (QED) is 0.144. The topological polar surface area (TPSA) is 105 Å². The Hall–Kier alpha value is -4.98. The molecule has 3 aromatic carbocycles. The zero-order valence-electron chi connectivity index (χ0n) is 21.3. The molecule has 0 aliphatic carbocycles. The van der Waals surface area contributed by atoms with Crippen LogP contribution < -0.4 is 18.9 Å². The number of hydrogen-bond acceptors (Lipinski definition) is 8. The van der Waals surface area contributed by atoms with Crippen LogP contribution in [0.2, 0.25) is 0 Å². The van der Waals surface area contributed by atoms with E-state index in [1.54, 1.807) is 70.2 Å². The van der Waals surface area contributed by atoms with E-state index in [-0.39, 0.29) is 35.9 Å². The predicted molar refractivity (Wildman–Crippen MR) is 141 cm³/mol. The molecule has 3 rings (SSSR count). The minimum atomic E-state index is -0.560. The van der Waals surface area contributed by atoms with E-state index >= 15 is 0 Å². The Morgan fingerprint density at radius 3 is 1.42 bits per heavy atom. The Balaban J connectivity index is 1.95. The number of carbonyl (C=O) groups excluding carboxylic acids is 4. The van der Waals surface area contributed by atoms with Crippen LogP contribution in [0.25, 0.3) is 22.3 Å². The van der Waals surface area contributed by atoms with E-state index in [9.17, 15) is 19.2 Å². The van der Waals surface area contributed by atoms with Gasteiger partial charge in [-0.1, -0.05) is 48.6 Å². The maximum Gasteiger partial charge on any atom is 0.338 e. The van der Waals surface area contributed by atoms with Gasteiger partial charge in [-0.05, 0) is 74.2 Å². The van der Waals surface area contributed by atoms with Crippen LogP contribution >= 0.6 is 0 Å². The number of benzene rings is 3. The molecule has 194 valence electrons. The molecule has 8 nitrogen and oxygen atoms in total. The lowest BCUT2D eigenvalue weighted by molar-refractivity contribution is -0.132. The molecule has 8 heteroatoms. The normalized spacial score (nSPS) is 11.4. The Labute approximate surface area is 220 Å². The van der Waals surface area contributed by atoms with Gasteiger partial charge in [0.1, 0.15) is 0 Å². The molecule has 0 radical (unpaired) electrons. The third-order valence-corrected chi connectivity index (χ3v) is 5.70. The minimum absolute atomic E-state index is 0.106. The first-order valence-electron chi connectivity index (χ1n) is 11.6. The number of ether oxygens (including phenoxy) is 4. The van der Waals surface area contributed by atoms with Crippen molar-refractivity contribution in [2.75, 3.05) is 0 Å². The fourth-order valence-electron chi connectivity index (χ4n) is 3.28. The highest BCUT2D eigenvalue weighted by Gasteiger charge is 2.17. The van der Waals surface area contributed by atoms with Gasteiger partial charge in [0.05, 0.1) is 0 Å². The fraction of sp³-hybridized carbons (Fsp3) is 0.133. The van der Waals surface area contributed by atoms with E-state index in [0.29, 0.717) is 11.1 Å². The van der Waals surface area contributed by atoms with E-state index in [1.165, 1.54) is 6.07 Å². The zero-order valence-corrected chi connectivity index (χ0v) is 21.3. The first-order valence-corrected chi connectivity index (χ1v) is 11.6. The molecule has 0 amide bonds. The van der Waals surface area contributed by atoms with Crippen LogP contribution in [0.15, 0.2) is 84.0 Å². The first kappa shape index (κ1) is 27.6. The van der Waals surface area contributed by atoms with Crippen molar-refractivity contribution in [2.24, 2.45) is 0 Å². The molecule has 0 atom stereocenters. The van der Waals surface area contributed by atoms with Gasteiger partial charge in [-0.25, -0.2) is 9.59 Å². The smallest absolute Gasteiger partial charge is 0.338 e. The van der Waals surface area contributed by atoms with Crippen LogP contribution in [0.5, 0.6) is 23.0 Å². The molecule has 0 spiro atoms. The Kier molecular flexibility index (Phi) is 9.31. The zero-order chi connectivity index (χ0) is 27.7. The maximum absolute atomic E-state index is 12.5. The summed E-state index contributed by atoms with van der Waals surface area (Å²) in [5.74, 6) is -0.656. The van der Waals surface area contributed by atoms with E-state index in [4.69, 9.17) is 18.9 Å². The van der Waals surface area contributed by atoms with Gasteiger partial charge < -0.3 is 18.9 Å². The second kappa shape index (κ2) is 12.8. The monoisotopic (exact) mass is 514 g/mol. The summed E-state index contributed by atoms with van der Waals surface area (Å²) in [6.45, 7) is 7.21. The maximum atomic E-state index is 12.5. The average Bonchev–Trinajstić information content (AvgIpc) is 2.94. The molecule has 0 aliphatic heterocycles.